The molecule has 1 heterocycles. The summed E-state index contributed by atoms with van der Waals surface area (Å²) in [5, 5.41) is 12.6. The number of piperidine rings is 1. The van der Waals surface area contributed by atoms with Crippen LogP contribution in [0.4, 0.5) is 0 Å². The van der Waals surface area contributed by atoms with Crippen molar-refractivity contribution in [3.05, 3.63) is 0 Å². The SMILES string of the molecule is CCCC(C(=O)O)N1CCC(CNCC)CC1. The van der Waals surface area contributed by atoms with Gasteiger partial charge in [0, 0.05) is 0 Å². The molecule has 1 aliphatic heterocycles. The Morgan fingerprint density at radius 2 is 2.06 bits per heavy atom. The minimum absolute atomic E-state index is 0.264. The number of nitrogens with zero attached hydrogens (tertiary/aromatic N) is 1. The van der Waals surface area contributed by atoms with Gasteiger partial charge in [0.15, 0.2) is 0 Å². The van der Waals surface area contributed by atoms with Crippen LogP contribution in [0.3, 0.4) is 0 Å². The molecule has 1 rings (SSSR count). The fourth-order valence-electron chi connectivity index (χ4n) is 2.55. The summed E-state index contributed by atoms with van der Waals surface area (Å²) in [4.78, 5) is 13.3. The zero-order chi connectivity index (χ0) is 12.7. The lowest BCUT2D eigenvalue weighted by atomic mass is 9.95. The van der Waals surface area contributed by atoms with E-state index in [2.05, 4.69) is 17.1 Å². The number of carboxylic acid groups (broad SMARTS) is 1. The van der Waals surface area contributed by atoms with Crippen molar-refractivity contribution in [2.24, 2.45) is 5.92 Å². The van der Waals surface area contributed by atoms with Gasteiger partial charge >= 0.3 is 5.97 Å². The molecule has 0 saturated carbocycles. The van der Waals surface area contributed by atoms with Crippen LogP contribution in [0, 0.1) is 5.92 Å². The largest absolute Gasteiger partial charge is 0.480 e. The molecule has 1 atom stereocenters. The Balaban J connectivity index is 2.36. The van der Waals surface area contributed by atoms with Crippen molar-refractivity contribution in [2.45, 2.75) is 45.6 Å². The smallest absolute Gasteiger partial charge is 0.320 e. The van der Waals surface area contributed by atoms with Gasteiger partial charge < -0.3 is 10.4 Å². The number of nitrogens with one attached hydrogen (secondary N) is 1. The highest BCUT2D eigenvalue weighted by Crippen LogP contribution is 2.20. The Labute approximate surface area is 104 Å². The lowest BCUT2D eigenvalue weighted by molar-refractivity contribution is -0.144. The molecule has 100 valence electrons. The van der Waals surface area contributed by atoms with Gasteiger partial charge in [0.1, 0.15) is 6.04 Å². The minimum atomic E-state index is -0.656. The van der Waals surface area contributed by atoms with Gasteiger partial charge in [0.2, 0.25) is 0 Å². The molecule has 0 aromatic rings. The predicted molar refractivity (Wildman–Crippen MR) is 69.2 cm³/mol. The Hall–Kier alpha value is -0.610. The van der Waals surface area contributed by atoms with E-state index in [1.807, 2.05) is 6.92 Å². The zero-order valence-electron chi connectivity index (χ0n) is 11.1. The van der Waals surface area contributed by atoms with Crippen LogP contribution in [0.25, 0.3) is 0 Å². The Kier molecular flexibility index (Phi) is 6.52. The van der Waals surface area contributed by atoms with Gasteiger partial charge in [-0.25, -0.2) is 0 Å². The topological polar surface area (TPSA) is 52.6 Å². The number of hydrogen-bond donors (Lipinski definition) is 2. The first kappa shape index (κ1) is 14.5. The van der Waals surface area contributed by atoms with Crippen LogP contribution in [0.1, 0.15) is 39.5 Å². The van der Waals surface area contributed by atoms with Crippen LogP contribution in [0.15, 0.2) is 0 Å². The second kappa shape index (κ2) is 7.67. The van der Waals surface area contributed by atoms with Crippen LogP contribution in [-0.4, -0.2) is 48.2 Å². The van der Waals surface area contributed by atoms with Crippen molar-refractivity contribution in [2.75, 3.05) is 26.2 Å². The normalized spacial score (nSPS) is 20.4. The molecule has 4 heteroatoms. The molecule has 1 saturated heterocycles. The average molecular weight is 242 g/mol. The highest BCUT2D eigenvalue weighted by atomic mass is 16.4. The Bertz CT molecular complexity index is 225. The molecule has 1 unspecified atom stereocenters. The molecular formula is C13H26N2O2. The van der Waals surface area contributed by atoms with Crippen molar-refractivity contribution >= 4 is 5.97 Å². The number of rotatable bonds is 7. The second-order valence-electron chi connectivity index (χ2n) is 4.93. The van der Waals surface area contributed by atoms with Gasteiger partial charge in [-0.1, -0.05) is 20.3 Å². The van der Waals surface area contributed by atoms with E-state index in [-0.39, 0.29) is 6.04 Å². The summed E-state index contributed by atoms with van der Waals surface area (Å²) in [6.07, 6.45) is 3.96. The first-order valence-electron chi connectivity index (χ1n) is 6.86. The summed E-state index contributed by atoms with van der Waals surface area (Å²) < 4.78 is 0. The fraction of sp³-hybridized carbons (Fsp3) is 0.923. The highest BCUT2D eigenvalue weighted by Gasteiger charge is 2.28. The number of hydrogen-bond acceptors (Lipinski definition) is 3. The molecule has 0 aliphatic carbocycles. The van der Waals surface area contributed by atoms with Gasteiger partial charge in [-0.3, -0.25) is 9.69 Å². The van der Waals surface area contributed by atoms with Crippen LogP contribution >= 0.6 is 0 Å². The maximum Gasteiger partial charge on any atom is 0.320 e. The summed E-state index contributed by atoms with van der Waals surface area (Å²) in [6, 6.07) is -0.264. The predicted octanol–water partition coefficient (Wildman–Crippen LogP) is 1.56. The van der Waals surface area contributed by atoms with E-state index >= 15 is 0 Å². The molecule has 2 N–H and O–H groups in total. The second-order valence-corrected chi connectivity index (χ2v) is 4.93. The van der Waals surface area contributed by atoms with Gasteiger partial charge in [0.05, 0.1) is 0 Å². The molecule has 0 radical (unpaired) electrons. The van der Waals surface area contributed by atoms with Gasteiger partial charge in [-0.05, 0) is 51.4 Å². The Morgan fingerprint density at radius 1 is 1.41 bits per heavy atom. The first-order chi connectivity index (χ1) is 8.19. The van der Waals surface area contributed by atoms with E-state index in [1.54, 1.807) is 0 Å². The maximum atomic E-state index is 11.2. The maximum absolute atomic E-state index is 11.2. The number of carbonyl (C=O) groups is 1. The average Bonchev–Trinajstić information content (AvgIpc) is 2.34. The zero-order valence-corrected chi connectivity index (χ0v) is 11.1. The lowest BCUT2D eigenvalue weighted by Crippen LogP contribution is -2.46. The van der Waals surface area contributed by atoms with Crippen LogP contribution in [0.2, 0.25) is 0 Å². The molecule has 4 nitrogen and oxygen atoms in total. The molecule has 17 heavy (non-hydrogen) atoms. The van der Waals surface area contributed by atoms with Gasteiger partial charge in [-0.2, -0.15) is 0 Å². The molecular weight excluding hydrogens is 216 g/mol. The monoisotopic (exact) mass is 242 g/mol. The third-order valence-corrected chi connectivity index (χ3v) is 3.62. The summed E-state index contributed by atoms with van der Waals surface area (Å²) in [6.45, 7) is 8.15. The molecule has 0 bridgehead atoms. The summed E-state index contributed by atoms with van der Waals surface area (Å²) in [7, 11) is 0. The third kappa shape index (κ3) is 4.64. The van der Waals surface area contributed by atoms with Crippen molar-refractivity contribution in [3.63, 3.8) is 0 Å². The van der Waals surface area contributed by atoms with E-state index in [0.29, 0.717) is 0 Å². The van der Waals surface area contributed by atoms with Crippen LogP contribution < -0.4 is 5.32 Å². The van der Waals surface area contributed by atoms with E-state index in [4.69, 9.17) is 0 Å². The Morgan fingerprint density at radius 3 is 2.53 bits per heavy atom. The lowest BCUT2D eigenvalue weighted by Gasteiger charge is -2.35. The number of likely N-dealkylation sites (tertiary alicyclic amines) is 1. The quantitative estimate of drug-likeness (QED) is 0.711. The summed E-state index contributed by atoms with van der Waals surface area (Å²) >= 11 is 0. The molecule has 0 spiro atoms. The third-order valence-electron chi connectivity index (χ3n) is 3.62. The minimum Gasteiger partial charge on any atom is -0.480 e. The number of carboxylic acids is 1. The highest BCUT2D eigenvalue weighted by molar-refractivity contribution is 5.73. The first-order valence-corrected chi connectivity index (χ1v) is 6.86. The molecule has 0 aromatic heterocycles. The van der Waals surface area contributed by atoms with Crippen LogP contribution in [0.5, 0.6) is 0 Å². The fourth-order valence-corrected chi connectivity index (χ4v) is 2.55. The van der Waals surface area contributed by atoms with E-state index in [0.717, 1.165) is 57.8 Å². The summed E-state index contributed by atoms with van der Waals surface area (Å²) in [5.41, 5.74) is 0. The van der Waals surface area contributed by atoms with E-state index in [1.165, 1.54) is 0 Å². The molecule has 0 amide bonds. The van der Waals surface area contributed by atoms with Crippen molar-refractivity contribution < 1.29 is 9.90 Å². The van der Waals surface area contributed by atoms with Gasteiger partial charge in [0.25, 0.3) is 0 Å². The standard InChI is InChI=1S/C13H26N2O2/c1-3-5-12(13(16)17)15-8-6-11(7-9-15)10-14-4-2/h11-12,14H,3-10H2,1-2H3,(H,16,17). The summed E-state index contributed by atoms with van der Waals surface area (Å²) in [5.74, 6) is 0.0688. The number of aliphatic carboxylic acids is 1. The van der Waals surface area contributed by atoms with E-state index < -0.39 is 5.97 Å². The molecule has 0 aromatic carbocycles. The van der Waals surface area contributed by atoms with Crippen molar-refractivity contribution in [3.8, 4) is 0 Å². The van der Waals surface area contributed by atoms with E-state index in [9.17, 15) is 9.90 Å². The van der Waals surface area contributed by atoms with Crippen LogP contribution in [-0.2, 0) is 4.79 Å². The molecule has 1 fully saturated rings. The molecule has 1 aliphatic rings. The van der Waals surface area contributed by atoms with Gasteiger partial charge in [-0.15, -0.1) is 0 Å². The van der Waals surface area contributed by atoms with Crippen molar-refractivity contribution in [1.82, 2.24) is 10.2 Å². The van der Waals surface area contributed by atoms with Crippen molar-refractivity contribution in [1.29, 1.82) is 0 Å².